The van der Waals surface area contributed by atoms with E-state index in [1.165, 1.54) is 6.26 Å². The van der Waals surface area contributed by atoms with Gasteiger partial charge >= 0.3 is 5.97 Å². The van der Waals surface area contributed by atoms with Crippen LogP contribution in [0.1, 0.15) is 15.4 Å². The highest BCUT2D eigenvalue weighted by Crippen LogP contribution is 2.26. The van der Waals surface area contributed by atoms with Crippen molar-refractivity contribution >= 4 is 17.3 Å². The van der Waals surface area contributed by atoms with E-state index in [9.17, 15) is 4.79 Å². The maximum Gasteiger partial charge on any atom is 0.347 e. The third-order valence-electron chi connectivity index (χ3n) is 1.65. The first kappa shape index (κ1) is 8.89. The molecule has 72 valence electrons. The average molecular weight is 210 g/mol. The highest BCUT2D eigenvalue weighted by atomic mass is 32.1. The van der Waals surface area contributed by atoms with Gasteiger partial charge in [0.1, 0.15) is 21.8 Å². The van der Waals surface area contributed by atoms with Crippen LogP contribution in [0.15, 0.2) is 16.9 Å². The predicted octanol–water partition coefficient (Wildman–Crippen LogP) is 1.80. The monoisotopic (exact) mass is 210 g/mol. The maximum absolute atomic E-state index is 10.7. The van der Waals surface area contributed by atoms with Crippen LogP contribution in [-0.4, -0.2) is 21.2 Å². The Morgan fingerprint density at radius 3 is 2.93 bits per heavy atom. The van der Waals surface area contributed by atoms with Gasteiger partial charge in [0.05, 0.1) is 5.69 Å². The molecule has 0 aliphatic carbocycles. The second-order valence-electron chi connectivity index (χ2n) is 2.62. The molecule has 0 aliphatic heterocycles. The van der Waals surface area contributed by atoms with Crippen molar-refractivity contribution in [1.82, 2.24) is 10.1 Å². The second kappa shape index (κ2) is 3.22. The first-order chi connectivity index (χ1) is 6.68. The van der Waals surface area contributed by atoms with Crippen molar-refractivity contribution in [2.24, 2.45) is 0 Å². The summed E-state index contributed by atoms with van der Waals surface area (Å²) in [5.74, 6) is -0.963. The van der Waals surface area contributed by atoms with Crippen LogP contribution in [-0.2, 0) is 0 Å². The number of carboxylic acids is 1. The van der Waals surface area contributed by atoms with Crippen molar-refractivity contribution in [3.05, 3.63) is 22.9 Å². The normalized spacial score (nSPS) is 10.4. The van der Waals surface area contributed by atoms with E-state index in [0.717, 1.165) is 11.3 Å². The van der Waals surface area contributed by atoms with Crippen molar-refractivity contribution in [3.63, 3.8) is 0 Å². The van der Waals surface area contributed by atoms with Crippen molar-refractivity contribution in [3.8, 4) is 10.7 Å². The fraction of sp³-hybridized carbons (Fsp3) is 0.125. The maximum atomic E-state index is 10.7. The summed E-state index contributed by atoms with van der Waals surface area (Å²) in [6.45, 7) is 1.66. The highest BCUT2D eigenvalue weighted by Gasteiger charge is 2.16. The topological polar surface area (TPSA) is 76.2 Å². The minimum absolute atomic E-state index is 0.239. The number of aryl methyl sites for hydroxylation is 1. The summed E-state index contributed by atoms with van der Waals surface area (Å²) >= 11 is 1.09. The third kappa shape index (κ3) is 1.39. The Morgan fingerprint density at radius 2 is 2.43 bits per heavy atom. The van der Waals surface area contributed by atoms with Gasteiger partial charge in [-0.25, -0.2) is 9.78 Å². The number of thiazole rings is 1. The number of hydrogen-bond acceptors (Lipinski definition) is 5. The number of carboxylic acid groups (broad SMARTS) is 1. The van der Waals surface area contributed by atoms with Crippen LogP contribution in [0.2, 0.25) is 0 Å². The molecule has 2 rings (SSSR count). The van der Waals surface area contributed by atoms with Crippen LogP contribution in [0.4, 0.5) is 0 Å². The molecule has 0 fully saturated rings. The number of aromatic nitrogens is 2. The van der Waals surface area contributed by atoms with Crippen LogP contribution in [0.3, 0.4) is 0 Å². The van der Waals surface area contributed by atoms with E-state index in [-0.39, 0.29) is 4.88 Å². The summed E-state index contributed by atoms with van der Waals surface area (Å²) in [7, 11) is 0. The van der Waals surface area contributed by atoms with E-state index in [0.29, 0.717) is 16.4 Å². The Morgan fingerprint density at radius 1 is 1.64 bits per heavy atom. The standard InChI is InChI=1S/C8H6N2O3S/c1-4-6(8(11)12)14-7(9-4)5-2-3-13-10-5/h2-3H,1H3,(H,11,12). The number of carbonyl (C=O) groups is 1. The number of nitrogens with zero attached hydrogens (tertiary/aromatic N) is 2. The number of hydrogen-bond donors (Lipinski definition) is 1. The molecule has 6 heteroatoms. The Hall–Kier alpha value is -1.69. The van der Waals surface area contributed by atoms with Gasteiger partial charge < -0.3 is 9.63 Å². The first-order valence-electron chi connectivity index (χ1n) is 3.80. The van der Waals surface area contributed by atoms with Crippen molar-refractivity contribution in [2.45, 2.75) is 6.92 Å². The Balaban J connectivity index is 2.48. The SMILES string of the molecule is Cc1nc(-c2ccon2)sc1C(=O)O. The minimum Gasteiger partial charge on any atom is -0.477 e. The van der Waals surface area contributed by atoms with Gasteiger partial charge in [-0.3, -0.25) is 0 Å². The second-order valence-corrected chi connectivity index (χ2v) is 3.62. The van der Waals surface area contributed by atoms with Gasteiger partial charge in [0.15, 0.2) is 0 Å². The van der Waals surface area contributed by atoms with Crippen LogP contribution < -0.4 is 0 Å². The summed E-state index contributed by atoms with van der Waals surface area (Å²) in [4.78, 5) is 15.1. The van der Waals surface area contributed by atoms with Gasteiger partial charge in [0.2, 0.25) is 0 Å². The van der Waals surface area contributed by atoms with Crippen molar-refractivity contribution in [1.29, 1.82) is 0 Å². The molecule has 0 radical (unpaired) electrons. The van der Waals surface area contributed by atoms with Crippen molar-refractivity contribution in [2.75, 3.05) is 0 Å². The Bertz CT molecular complexity index is 461. The molecular formula is C8H6N2O3S. The van der Waals surface area contributed by atoms with E-state index in [1.807, 2.05) is 0 Å². The molecule has 0 unspecified atom stereocenters. The molecule has 2 aromatic rings. The van der Waals surface area contributed by atoms with Gasteiger partial charge in [-0.15, -0.1) is 11.3 Å². The van der Waals surface area contributed by atoms with E-state index in [1.54, 1.807) is 13.0 Å². The summed E-state index contributed by atoms with van der Waals surface area (Å²) in [5, 5.41) is 13.0. The lowest BCUT2D eigenvalue weighted by Gasteiger charge is -1.84. The van der Waals surface area contributed by atoms with Gasteiger partial charge in [0, 0.05) is 6.07 Å². The number of rotatable bonds is 2. The smallest absolute Gasteiger partial charge is 0.347 e. The number of aromatic carboxylic acids is 1. The lowest BCUT2D eigenvalue weighted by molar-refractivity contribution is 0.0701. The van der Waals surface area contributed by atoms with E-state index >= 15 is 0 Å². The first-order valence-corrected chi connectivity index (χ1v) is 4.61. The van der Waals surface area contributed by atoms with Gasteiger partial charge in [0.25, 0.3) is 0 Å². The van der Waals surface area contributed by atoms with E-state index in [4.69, 9.17) is 5.11 Å². The van der Waals surface area contributed by atoms with Crippen molar-refractivity contribution < 1.29 is 14.4 Å². The summed E-state index contributed by atoms with van der Waals surface area (Å²) in [6, 6.07) is 1.64. The fourth-order valence-corrected chi connectivity index (χ4v) is 1.89. The lowest BCUT2D eigenvalue weighted by Crippen LogP contribution is -1.94. The molecule has 0 saturated carbocycles. The summed E-state index contributed by atoms with van der Waals surface area (Å²) < 4.78 is 4.65. The molecule has 0 atom stereocenters. The molecule has 14 heavy (non-hydrogen) atoms. The zero-order valence-corrected chi connectivity index (χ0v) is 8.04. The van der Waals surface area contributed by atoms with Gasteiger partial charge in [-0.2, -0.15) is 0 Å². The molecule has 0 aliphatic rings. The Kier molecular flexibility index (Phi) is 2.05. The molecule has 0 saturated heterocycles. The van der Waals surface area contributed by atoms with Crippen LogP contribution in [0.5, 0.6) is 0 Å². The molecule has 0 bridgehead atoms. The summed E-state index contributed by atoms with van der Waals surface area (Å²) in [6.07, 6.45) is 1.42. The van der Waals surface area contributed by atoms with Crippen LogP contribution >= 0.6 is 11.3 Å². The zero-order chi connectivity index (χ0) is 10.1. The average Bonchev–Trinajstić information content (AvgIpc) is 2.70. The summed E-state index contributed by atoms with van der Waals surface area (Å²) in [5.41, 5.74) is 1.06. The largest absolute Gasteiger partial charge is 0.477 e. The molecular weight excluding hydrogens is 204 g/mol. The Labute approximate surface area is 83.0 Å². The quantitative estimate of drug-likeness (QED) is 0.817. The molecule has 0 spiro atoms. The molecule has 0 aromatic carbocycles. The molecule has 1 N–H and O–H groups in total. The fourth-order valence-electron chi connectivity index (χ4n) is 1.03. The minimum atomic E-state index is -0.963. The third-order valence-corrected chi connectivity index (χ3v) is 2.82. The molecule has 2 heterocycles. The highest BCUT2D eigenvalue weighted by molar-refractivity contribution is 7.16. The van der Waals surface area contributed by atoms with Crippen LogP contribution in [0, 0.1) is 6.92 Å². The molecule has 5 nitrogen and oxygen atoms in total. The van der Waals surface area contributed by atoms with Gasteiger partial charge in [-0.1, -0.05) is 5.16 Å². The van der Waals surface area contributed by atoms with Gasteiger partial charge in [-0.05, 0) is 6.92 Å². The van der Waals surface area contributed by atoms with E-state index < -0.39 is 5.97 Å². The predicted molar refractivity (Wildman–Crippen MR) is 49.3 cm³/mol. The molecule has 0 amide bonds. The van der Waals surface area contributed by atoms with Crippen LogP contribution in [0.25, 0.3) is 10.7 Å². The van der Waals surface area contributed by atoms with E-state index in [2.05, 4.69) is 14.7 Å². The lowest BCUT2D eigenvalue weighted by atomic mass is 10.4. The molecule has 2 aromatic heterocycles. The zero-order valence-electron chi connectivity index (χ0n) is 7.22.